The number of rotatable bonds is 2. The molecule has 10 rings (SSSR count). The van der Waals surface area contributed by atoms with Crippen molar-refractivity contribution in [2.75, 3.05) is 0 Å². The second kappa shape index (κ2) is 9.76. The standard InChI is InChI=1S/C46H28/c1-2-12-30-26-44(32-22-24-42-38-18-6-4-14-34(38)36-16-8-10-20-40(36)46(42)28-32)43(25-29(30)11-1)31-21-23-41-37-17-5-3-13-33(37)35-15-7-9-19-39(35)45(41)27-31/h1-28H. The van der Waals surface area contributed by atoms with Crippen LogP contribution in [0.4, 0.5) is 0 Å². The van der Waals surface area contributed by atoms with Crippen LogP contribution in [0, 0.1) is 0 Å². The van der Waals surface area contributed by atoms with Crippen LogP contribution in [0.5, 0.6) is 0 Å². The molecule has 0 heteroatoms. The van der Waals surface area contributed by atoms with E-state index >= 15 is 0 Å². The summed E-state index contributed by atoms with van der Waals surface area (Å²) < 4.78 is 0. The summed E-state index contributed by atoms with van der Waals surface area (Å²) in [6.45, 7) is 0. The summed E-state index contributed by atoms with van der Waals surface area (Å²) in [6.07, 6.45) is 0. The minimum absolute atomic E-state index is 1.23. The van der Waals surface area contributed by atoms with E-state index in [-0.39, 0.29) is 0 Å². The minimum atomic E-state index is 1.23. The van der Waals surface area contributed by atoms with E-state index in [4.69, 9.17) is 0 Å². The summed E-state index contributed by atoms with van der Waals surface area (Å²) in [5.74, 6) is 0. The Morgan fingerprint density at radius 1 is 0.196 bits per heavy atom. The van der Waals surface area contributed by atoms with Gasteiger partial charge < -0.3 is 0 Å². The van der Waals surface area contributed by atoms with Gasteiger partial charge in [-0.05, 0) is 122 Å². The van der Waals surface area contributed by atoms with Crippen LogP contribution in [0.15, 0.2) is 170 Å². The lowest BCUT2D eigenvalue weighted by atomic mass is 9.87. The highest BCUT2D eigenvalue weighted by Gasteiger charge is 2.15. The molecule has 0 unspecified atom stereocenters. The SMILES string of the molecule is c1ccc2cc(-c3ccc4c5ccccc5c5ccccc5c4c3)c(-c3ccc4c5ccccc5c5ccccc5c4c3)cc2c1. The molecule has 0 aliphatic heterocycles. The molecule has 0 saturated heterocycles. The summed E-state index contributed by atoms with van der Waals surface area (Å²) in [4.78, 5) is 0. The van der Waals surface area contributed by atoms with Crippen LogP contribution < -0.4 is 0 Å². The van der Waals surface area contributed by atoms with Crippen LogP contribution in [-0.4, -0.2) is 0 Å². The largest absolute Gasteiger partial charge is 0.0616 e. The average molecular weight is 581 g/mol. The molecule has 0 atom stereocenters. The molecule has 0 aliphatic rings. The van der Waals surface area contributed by atoms with Crippen LogP contribution in [0.2, 0.25) is 0 Å². The Balaban J connectivity index is 1.28. The first-order valence-electron chi connectivity index (χ1n) is 16.0. The van der Waals surface area contributed by atoms with Gasteiger partial charge in [0.2, 0.25) is 0 Å². The van der Waals surface area contributed by atoms with Crippen molar-refractivity contribution in [1.29, 1.82) is 0 Å². The highest BCUT2D eigenvalue weighted by molar-refractivity contribution is 6.27. The van der Waals surface area contributed by atoms with Gasteiger partial charge >= 0.3 is 0 Å². The Kier molecular flexibility index (Phi) is 5.38. The summed E-state index contributed by atoms with van der Waals surface area (Å²) in [5.41, 5.74) is 4.97. The Hall–Kier alpha value is -5.98. The Labute approximate surface area is 266 Å². The molecule has 0 radical (unpaired) electrons. The van der Waals surface area contributed by atoms with Crippen LogP contribution >= 0.6 is 0 Å². The van der Waals surface area contributed by atoms with Crippen molar-refractivity contribution in [2.45, 2.75) is 0 Å². The molecule has 10 aromatic carbocycles. The van der Waals surface area contributed by atoms with Crippen LogP contribution in [0.25, 0.3) is 97.7 Å². The number of fused-ring (bicyclic) bond motifs is 13. The molecule has 0 nitrogen and oxygen atoms in total. The topological polar surface area (TPSA) is 0 Å². The monoisotopic (exact) mass is 580 g/mol. The lowest BCUT2D eigenvalue weighted by molar-refractivity contribution is 1.64. The lowest BCUT2D eigenvalue weighted by Crippen LogP contribution is -1.90. The van der Waals surface area contributed by atoms with E-state index in [0.29, 0.717) is 0 Å². The van der Waals surface area contributed by atoms with E-state index in [1.807, 2.05) is 0 Å². The van der Waals surface area contributed by atoms with E-state index in [2.05, 4.69) is 170 Å². The van der Waals surface area contributed by atoms with Crippen LogP contribution in [0.1, 0.15) is 0 Å². The molecule has 0 fully saturated rings. The molecule has 0 heterocycles. The van der Waals surface area contributed by atoms with E-state index in [1.165, 1.54) is 97.7 Å². The first kappa shape index (κ1) is 25.4. The molecule has 46 heavy (non-hydrogen) atoms. The average Bonchev–Trinajstić information content (AvgIpc) is 3.14. The van der Waals surface area contributed by atoms with E-state index in [1.54, 1.807) is 0 Å². The zero-order valence-electron chi connectivity index (χ0n) is 25.2. The highest BCUT2D eigenvalue weighted by Crippen LogP contribution is 2.43. The second-order valence-corrected chi connectivity index (χ2v) is 12.4. The van der Waals surface area contributed by atoms with E-state index < -0.39 is 0 Å². The fraction of sp³-hybridized carbons (Fsp3) is 0. The molecular weight excluding hydrogens is 553 g/mol. The Morgan fingerprint density at radius 3 is 0.783 bits per heavy atom. The Bertz CT molecular complexity index is 2590. The maximum absolute atomic E-state index is 2.42. The van der Waals surface area contributed by atoms with Gasteiger partial charge in [-0.1, -0.05) is 146 Å². The molecule has 212 valence electrons. The smallest absolute Gasteiger partial charge is 0.00928 e. The van der Waals surface area contributed by atoms with E-state index in [0.717, 1.165) is 0 Å². The summed E-state index contributed by atoms with van der Waals surface area (Å²) >= 11 is 0. The first-order chi connectivity index (χ1) is 22.8. The quantitative estimate of drug-likeness (QED) is 0.178. The predicted molar refractivity (Wildman–Crippen MR) is 200 cm³/mol. The van der Waals surface area contributed by atoms with Gasteiger partial charge in [0, 0.05) is 0 Å². The highest BCUT2D eigenvalue weighted by atomic mass is 14.2. The minimum Gasteiger partial charge on any atom is -0.0616 e. The van der Waals surface area contributed by atoms with Gasteiger partial charge in [0.25, 0.3) is 0 Å². The van der Waals surface area contributed by atoms with Gasteiger partial charge in [-0.3, -0.25) is 0 Å². The van der Waals surface area contributed by atoms with Crippen LogP contribution in [-0.2, 0) is 0 Å². The molecule has 0 spiro atoms. The molecule has 0 aromatic heterocycles. The van der Waals surface area contributed by atoms with Gasteiger partial charge in [-0.2, -0.15) is 0 Å². The van der Waals surface area contributed by atoms with Crippen molar-refractivity contribution in [3.63, 3.8) is 0 Å². The van der Waals surface area contributed by atoms with Gasteiger partial charge in [-0.15, -0.1) is 0 Å². The third-order valence-electron chi connectivity index (χ3n) is 10.00. The summed E-state index contributed by atoms with van der Waals surface area (Å²) in [6, 6.07) is 62.9. The van der Waals surface area contributed by atoms with E-state index in [9.17, 15) is 0 Å². The number of hydrogen-bond donors (Lipinski definition) is 0. The normalized spacial score (nSPS) is 11.9. The first-order valence-corrected chi connectivity index (χ1v) is 16.0. The maximum Gasteiger partial charge on any atom is -0.00928 e. The molecule has 0 amide bonds. The third kappa shape index (κ3) is 3.68. The zero-order valence-corrected chi connectivity index (χ0v) is 25.2. The van der Waals surface area contributed by atoms with Crippen LogP contribution in [0.3, 0.4) is 0 Å². The second-order valence-electron chi connectivity index (χ2n) is 12.4. The molecule has 0 saturated carbocycles. The van der Waals surface area contributed by atoms with Crippen molar-refractivity contribution in [1.82, 2.24) is 0 Å². The fourth-order valence-electron chi connectivity index (χ4n) is 7.87. The molecule has 0 bridgehead atoms. The van der Waals surface area contributed by atoms with Crippen molar-refractivity contribution >= 4 is 75.4 Å². The molecule has 0 aliphatic carbocycles. The lowest BCUT2D eigenvalue weighted by Gasteiger charge is -2.17. The summed E-state index contributed by atoms with van der Waals surface area (Å²) in [5, 5.41) is 18.1. The summed E-state index contributed by atoms with van der Waals surface area (Å²) in [7, 11) is 0. The van der Waals surface area contributed by atoms with Gasteiger partial charge in [0.15, 0.2) is 0 Å². The van der Waals surface area contributed by atoms with Crippen molar-refractivity contribution in [3.05, 3.63) is 170 Å². The fourth-order valence-corrected chi connectivity index (χ4v) is 7.87. The third-order valence-corrected chi connectivity index (χ3v) is 10.00. The maximum atomic E-state index is 2.42. The van der Waals surface area contributed by atoms with Gasteiger partial charge in [-0.25, -0.2) is 0 Å². The molecule has 10 aromatic rings. The molecular formula is C46H28. The Morgan fingerprint density at radius 2 is 0.457 bits per heavy atom. The van der Waals surface area contributed by atoms with Crippen molar-refractivity contribution in [2.24, 2.45) is 0 Å². The van der Waals surface area contributed by atoms with Gasteiger partial charge in [0.05, 0.1) is 0 Å². The number of benzene rings is 10. The zero-order chi connectivity index (χ0) is 30.2. The van der Waals surface area contributed by atoms with Crippen molar-refractivity contribution < 1.29 is 0 Å². The van der Waals surface area contributed by atoms with Gasteiger partial charge in [0.1, 0.15) is 0 Å². The number of hydrogen-bond acceptors (Lipinski definition) is 0. The van der Waals surface area contributed by atoms with Crippen molar-refractivity contribution in [3.8, 4) is 22.3 Å². The molecule has 0 N–H and O–H groups in total. The predicted octanol–water partition coefficient (Wildman–Crippen LogP) is 13.1.